The zero-order valence-electron chi connectivity index (χ0n) is 20.8. The Labute approximate surface area is 202 Å². The maximum Gasteiger partial charge on any atom is 0.127 e. The molecule has 3 atom stereocenters. The zero-order valence-corrected chi connectivity index (χ0v) is 21.8. The van der Waals surface area contributed by atoms with Gasteiger partial charge in [-0.3, -0.25) is 4.99 Å². The SMILES string of the molecule is CCCC(C)c1cccc(C(C)(CC)Pc2ccccc2/C=N/C)c1OCc1ccccc1. The van der Waals surface area contributed by atoms with Gasteiger partial charge in [0.2, 0.25) is 0 Å². The molecular weight excluding hydrogens is 421 g/mol. The van der Waals surface area contributed by atoms with Gasteiger partial charge >= 0.3 is 0 Å². The van der Waals surface area contributed by atoms with Crippen LogP contribution < -0.4 is 10.0 Å². The fourth-order valence-electron chi connectivity index (χ4n) is 4.36. The first-order valence-electron chi connectivity index (χ1n) is 12.1. The Bertz CT molecular complexity index is 1050. The van der Waals surface area contributed by atoms with Crippen LogP contribution in [0.3, 0.4) is 0 Å². The van der Waals surface area contributed by atoms with Gasteiger partial charge in [-0.2, -0.15) is 0 Å². The van der Waals surface area contributed by atoms with Crippen molar-refractivity contribution in [3.63, 3.8) is 0 Å². The van der Waals surface area contributed by atoms with Gasteiger partial charge in [0.1, 0.15) is 12.4 Å². The third-order valence-corrected chi connectivity index (χ3v) is 8.36. The van der Waals surface area contributed by atoms with E-state index >= 15 is 0 Å². The molecule has 0 aromatic heterocycles. The lowest BCUT2D eigenvalue weighted by Crippen LogP contribution is -2.22. The molecule has 0 saturated heterocycles. The summed E-state index contributed by atoms with van der Waals surface area (Å²) in [6, 6.07) is 25.9. The average Bonchev–Trinajstić information content (AvgIpc) is 2.84. The highest BCUT2D eigenvalue weighted by Crippen LogP contribution is 2.49. The van der Waals surface area contributed by atoms with Gasteiger partial charge in [-0.15, -0.1) is 0 Å². The first-order chi connectivity index (χ1) is 16.0. The number of ether oxygens (including phenoxy) is 1. The van der Waals surface area contributed by atoms with Crippen molar-refractivity contribution in [2.24, 2.45) is 4.99 Å². The van der Waals surface area contributed by atoms with Crippen LogP contribution >= 0.6 is 8.58 Å². The van der Waals surface area contributed by atoms with Crippen molar-refractivity contribution >= 4 is 20.1 Å². The minimum atomic E-state index is -0.0222. The second-order valence-corrected chi connectivity index (χ2v) is 10.9. The van der Waals surface area contributed by atoms with Gasteiger partial charge < -0.3 is 4.74 Å². The van der Waals surface area contributed by atoms with Gasteiger partial charge in [-0.05, 0) is 40.8 Å². The van der Waals surface area contributed by atoms with E-state index in [1.165, 1.54) is 34.0 Å². The number of nitrogens with zero attached hydrogens (tertiary/aromatic N) is 1. The molecule has 0 saturated carbocycles. The Hall–Kier alpha value is -2.44. The van der Waals surface area contributed by atoms with E-state index in [1.807, 2.05) is 13.3 Å². The quantitative estimate of drug-likeness (QED) is 0.211. The van der Waals surface area contributed by atoms with Crippen LogP contribution in [0.4, 0.5) is 0 Å². The molecule has 0 aliphatic heterocycles. The Balaban J connectivity index is 2.05. The van der Waals surface area contributed by atoms with E-state index in [0.717, 1.165) is 18.6 Å². The molecule has 3 aromatic carbocycles. The highest BCUT2D eigenvalue weighted by molar-refractivity contribution is 7.48. The molecular formula is C30H38NOP. The fourth-order valence-corrected chi connectivity index (χ4v) is 5.94. The fraction of sp³-hybridized carbons (Fsp3) is 0.367. The van der Waals surface area contributed by atoms with Crippen LogP contribution in [0.2, 0.25) is 0 Å². The van der Waals surface area contributed by atoms with Crippen LogP contribution in [0, 0.1) is 0 Å². The molecule has 0 N–H and O–H groups in total. The summed E-state index contributed by atoms with van der Waals surface area (Å²) >= 11 is 0. The van der Waals surface area contributed by atoms with Gasteiger partial charge in [-0.1, -0.05) is 115 Å². The summed E-state index contributed by atoms with van der Waals surface area (Å²) in [5, 5.41) is 1.33. The van der Waals surface area contributed by atoms with Crippen LogP contribution in [0.1, 0.15) is 75.1 Å². The van der Waals surface area contributed by atoms with E-state index in [9.17, 15) is 0 Å². The number of hydrogen-bond donors (Lipinski definition) is 0. The molecule has 0 fully saturated rings. The van der Waals surface area contributed by atoms with Gasteiger partial charge in [0, 0.05) is 24.0 Å². The van der Waals surface area contributed by atoms with Gasteiger partial charge in [0.05, 0.1) is 0 Å². The van der Waals surface area contributed by atoms with E-state index < -0.39 is 0 Å². The van der Waals surface area contributed by atoms with Crippen LogP contribution in [0.15, 0.2) is 77.8 Å². The van der Waals surface area contributed by atoms with Crippen LogP contribution in [0.5, 0.6) is 5.75 Å². The predicted octanol–water partition coefficient (Wildman–Crippen LogP) is 7.85. The maximum absolute atomic E-state index is 6.66. The van der Waals surface area contributed by atoms with Crippen molar-refractivity contribution in [1.29, 1.82) is 0 Å². The summed E-state index contributed by atoms with van der Waals surface area (Å²) in [4.78, 5) is 4.29. The monoisotopic (exact) mass is 459 g/mol. The van der Waals surface area contributed by atoms with E-state index in [0.29, 0.717) is 21.1 Å². The van der Waals surface area contributed by atoms with Crippen molar-refractivity contribution in [2.75, 3.05) is 7.05 Å². The molecule has 3 unspecified atom stereocenters. The van der Waals surface area contributed by atoms with E-state index in [4.69, 9.17) is 4.74 Å². The molecule has 3 heteroatoms. The Kier molecular flexibility index (Phi) is 9.27. The number of aliphatic imine (C=N–C) groups is 1. The largest absolute Gasteiger partial charge is 0.488 e. The third kappa shape index (κ3) is 6.33. The number of rotatable bonds is 11. The van der Waals surface area contributed by atoms with Crippen molar-refractivity contribution in [2.45, 2.75) is 64.6 Å². The summed E-state index contributed by atoms with van der Waals surface area (Å²) in [6.07, 6.45) is 5.34. The van der Waals surface area contributed by atoms with Crippen molar-refractivity contribution in [3.8, 4) is 5.75 Å². The average molecular weight is 460 g/mol. The first-order valence-corrected chi connectivity index (χ1v) is 13.1. The molecule has 0 spiro atoms. The van der Waals surface area contributed by atoms with Crippen LogP contribution in [-0.2, 0) is 11.8 Å². The Morgan fingerprint density at radius 2 is 1.70 bits per heavy atom. The van der Waals surface area contributed by atoms with E-state index in [2.05, 4.69) is 105 Å². The maximum atomic E-state index is 6.66. The first kappa shape index (κ1) is 25.2. The molecule has 3 rings (SSSR count). The standard InChI is InChI=1S/C30H38NOP/c1-6-14-23(3)26-18-13-19-27(29(26)32-22-24-15-9-8-10-16-24)30(4,7-2)33-28-20-12-11-17-25(28)21-31-5/h8-13,15-21,23,33H,6-7,14,22H2,1-5H3/b31-21+. The lowest BCUT2D eigenvalue weighted by Gasteiger charge is -2.33. The second kappa shape index (κ2) is 12.1. The molecule has 0 bridgehead atoms. The summed E-state index contributed by atoms with van der Waals surface area (Å²) < 4.78 is 6.66. The zero-order chi connectivity index (χ0) is 23.7. The van der Waals surface area contributed by atoms with E-state index in [1.54, 1.807) is 0 Å². The molecule has 33 heavy (non-hydrogen) atoms. The summed E-state index contributed by atoms with van der Waals surface area (Å²) in [7, 11) is 2.46. The molecule has 3 aromatic rings. The molecule has 2 nitrogen and oxygen atoms in total. The lowest BCUT2D eigenvalue weighted by atomic mass is 9.88. The normalized spacial score (nSPS) is 14.6. The van der Waals surface area contributed by atoms with Crippen molar-refractivity contribution in [1.82, 2.24) is 0 Å². The molecule has 0 heterocycles. The molecule has 0 aliphatic rings. The summed E-state index contributed by atoms with van der Waals surface area (Å²) in [6.45, 7) is 9.87. The Morgan fingerprint density at radius 1 is 0.970 bits per heavy atom. The predicted molar refractivity (Wildman–Crippen MR) is 146 cm³/mol. The topological polar surface area (TPSA) is 21.6 Å². The second-order valence-electron chi connectivity index (χ2n) is 8.97. The Morgan fingerprint density at radius 3 is 2.39 bits per heavy atom. The number of para-hydroxylation sites is 1. The highest BCUT2D eigenvalue weighted by Gasteiger charge is 2.31. The highest BCUT2D eigenvalue weighted by atomic mass is 31.1. The van der Waals surface area contributed by atoms with Crippen molar-refractivity contribution < 1.29 is 4.74 Å². The van der Waals surface area contributed by atoms with Crippen LogP contribution in [0.25, 0.3) is 0 Å². The van der Waals surface area contributed by atoms with Gasteiger partial charge in [-0.25, -0.2) is 0 Å². The summed E-state index contributed by atoms with van der Waals surface area (Å²) in [5.74, 6) is 1.55. The molecule has 0 radical (unpaired) electrons. The van der Waals surface area contributed by atoms with Gasteiger partial charge in [0.15, 0.2) is 0 Å². The summed E-state index contributed by atoms with van der Waals surface area (Å²) in [5.41, 5.74) is 5.06. The molecule has 0 aliphatic carbocycles. The number of benzene rings is 3. The van der Waals surface area contributed by atoms with Crippen molar-refractivity contribution in [3.05, 3.63) is 95.1 Å². The minimum absolute atomic E-state index is 0.0222. The van der Waals surface area contributed by atoms with E-state index in [-0.39, 0.29) is 5.16 Å². The van der Waals surface area contributed by atoms with Gasteiger partial charge in [0.25, 0.3) is 0 Å². The third-order valence-electron chi connectivity index (χ3n) is 6.47. The number of hydrogen-bond acceptors (Lipinski definition) is 2. The smallest absolute Gasteiger partial charge is 0.127 e. The van der Waals surface area contributed by atoms with Crippen LogP contribution in [-0.4, -0.2) is 13.3 Å². The molecule has 174 valence electrons. The molecule has 0 amide bonds. The minimum Gasteiger partial charge on any atom is -0.488 e. The lowest BCUT2D eigenvalue weighted by molar-refractivity contribution is 0.294.